The number of amides is 2. The molecule has 0 bridgehead atoms. The number of hydrogen-bond acceptors (Lipinski definition) is 4. The number of nitrogens with one attached hydrogen (secondary N) is 2. The second-order valence-corrected chi connectivity index (χ2v) is 6.41. The van der Waals surface area contributed by atoms with E-state index in [2.05, 4.69) is 10.6 Å². The molecule has 2 amide bonds. The average Bonchev–Trinajstić information content (AvgIpc) is 3.13. The maximum absolute atomic E-state index is 12.6. The van der Waals surface area contributed by atoms with Crippen molar-refractivity contribution in [2.24, 2.45) is 0 Å². The first-order valence-corrected chi connectivity index (χ1v) is 9.20. The molecule has 1 aromatic heterocycles. The Hall–Kier alpha value is -2.21. The SMILES string of the molecule is CSCC[C@H](NC(=O)c1ccco1)C(=O)N[C@H](C)c1ccccc1. The number of carbonyl (C=O) groups excluding carboxylic acids is 2. The molecule has 0 radical (unpaired) electrons. The summed E-state index contributed by atoms with van der Waals surface area (Å²) in [6, 6.07) is 12.2. The van der Waals surface area contributed by atoms with Crippen molar-refractivity contribution in [2.45, 2.75) is 25.4 Å². The predicted octanol–water partition coefficient (Wildman–Crippen LogP) is 3.01. The molecule has 0 saturated heterocycles. The van der Waals surface area contributed by atoms with E-state index in [1.54, 1.807) is 23.9 Å². The maximum Gasteiger partial charge on any atom is 0.287 e. The van der Waals surface area contributed by atoms with Gasteiger partial charge >= 0.3 is 0 Å². The first-order chi connectivity index (χ1) is 11.6. The number of rotatable bonds is 8. The molecule has 1 aromatic carbocycles. The molecule has 6 heteroatoms. The highest BCUT2D eigenvalue weighted by Crippen LogP contribution is 2.12. The minimum absolute atomic E-state index is 0.129. The van der Waals surface area contributed by atoms with Gasteiger partial charge in [-0.1, -0.05) is 30.3 Å². The van der Waals surface area contributed by atoms with E-state index in [4.69, 9.17) is 4.42 Å². The zero-order valence-corrected chi connectivity index (χ0v) is 14.6. The third kappa shape index (κ3) is 5.16. The fourth-order valence-electron chi connectivity index (χ4n) is 2.28. The van der Waals surface area contributed by atoms with Crippen molar-refractivity contribution in [1.29, 1.82) is 0 Å². The Kier molecular flexibility index (Phi) is 6.93. The highest BCUT2D eigenvalue weighted by Gasteiger charge is 2.23. The summed E-state index contributed by atoms with van der Waals surface area (Å²) < 4.78 is 5.08. The maximum atomic E-state index is 12.6. The number of hydrogen-bond donors (Lipinski definition) is 2. The van der Waals surface area contributed by atoms with Crippen LogP contribution in [-0.2, 0) is 4.79 Å². The third-order valence-corrected chi connectivity index (χ3v) is 4.28. The molecule has 2 N–H and O–H groups in total. The van der Waals surface area contributed by atoms with Crippen LogP contribution in [0.15, 0.2) is 53.1 Å². The minimum Gasteiger partial charge on any atom is -0.459 e. The fourth-order valence-corrected chi connectivity index (χ4v) is 2.75. The lowest BCUT2D eigenvalue weighted by Gasteiger charge is -2.21. The summed E-state index contributed by atoms with van der Waals surface area (Å²) in [7, 11) is 0. The molecule has 128 valence electrons. The van der Waals surface area contributed by atoms with Crippen molar-refractivity contribution in [2.75, 3.05) is 12.0 Å². The van der Waals surface area contributed by atoms with Crippen LogP contribution in [0.3, 0.4) is 0 Å². The summed E-state index contributed by atoms with van der Waals surface area (Å²) in [6.07, 6.45) is 3.96. The van der Waals surface area contributed by atoms with Crippen LogP contribution in [0.4, 0.5) is 0 Å². The molecule has 0 aliphatic heterocycles. The molecule has 0 spiro atoms. The fraction of sp³-hybridized carbons (Fsp3) is 0.333. The van der Waals surface area contributed by atoms with Crippen molar-refractivity contribution in [1.82, 2.24) is 10.6 Å². The largest absolute Gasteiger partial charge is 0.459 e. The number of thioether (sulfide) groups is 1. The molecule has 2 aromatic rings. The molecular formula is C18H22N2O3S. The topological polar surface area (TPSA) is 71.3 Å². The number of furan rings is 1. The highest BCUT2D eigenvalue weighted by atomic mass is 32.2. The Labute approximate surface area is 146 Å². The van der Waals surface area contributed by atoms with Crippen LogP contribution in [-0.4, -0.2) is 29.9 Å². The Morgan fingerprint density at radius 3 is 2.50 bits per heavy atom. The van der Waals surface area contributed by atoms with Gasteiger partial charge in [0.1, 0.15) is 6.04 Å². The normalized spacial score (nSPS) is 13.1. The van der Waals surface area contributed by atoms with E-state index in [0.29, 0.717) is 6.42 Å². The molecule has 0 fully saturated rings. The number of benzene rings is 1. The quantitative estimate of drug-likeness (QED) is 0.771. The van der Waals surface area contributed by atoms with Crippen molar-refractivity contribution < 1.29 is 14.0 Å². The molecule has 0 aliphatic rings. The van der Waals surface area contributed by atoms with Gasteiger partial charge in [0.2, 0.25) is 5.91 Å². The monoisotopic (exact) mass is 346 g/mol. The molecule has 24 heavy (non-hydrogen) atoms. The molecule has 1 heterocycles. The zero-order chi connectivity index (χ0) is 17.4. The molecule has 2 rings (SSSR count). The summed E-state index contributed by atoms with van der Waals surface area (Å²) in [5, 5.41) is 5.72. The van der Waals surface area contributed by atoms with E-state index in [-0.39, 0.29) is 23.6 Å². The molecular weight excluding hydrogens is 324 g/mol. The summed E-state index contributed by atoms with van der Waals surface area (Å²) in [5.41, 5.74) is 1.02. The van der Waals surface area contributed by atoms with Gasteiger partial charge in [-0.3, -0.25) is 9.59 Å². The van der Waals surface area contributed by atoms with Gasteiger partial charge in [0.25, 0.3) is 5.91 Å². The molecule has 0 aliphatic carbocycles. The van der Waals surface area contributed by atoms with Gasteiger partial charge < -0.3 is 15.1 Å². The molecule has 2 atom stereocenters. The Balaban J connectivity index is 2.00. The van der Waals surface area contributed by atoms with Crippen molar-refractivity contribution in [3.05, 3.63) is 60.1 Å². The van der Waals surface area contributed by atoms with Gasteiger partial charge in [-0.05, 0) is 43.0 Å². The number of carbonyl (C=O) groups is 2. The van der Waals surface area contributed by atoms with E-state index in [0.717, 1.165) is 11.3 Å². The van der Waals surface area contributed by atoms with Crippen molar-refractivity contribution >= 4 is 23.6 Å². The summed E-state index contributed by atoms with van der Waals surface area (Å²) in [4.78, 5) is 24.7. The van der Waals surface area contributed by atoms with Gasteiger partial charge in [-0.2, -0.15) is 11.8 Å². The summed E-state index contributed by atoms with van der Waals surface area (Å²) >= 11 is 1.63. The second kappa shape index (κ2) is 9.17. The first-order valence-electron chi connectivity index (χ1n) is 7.80. The Morgan fingerprint density at radius 2 is 1.88 bits per heavy atom. The smallest absolute Gasteiger partial charge is 0.287 e. The van der Waals surface area contributed by atoms with Crippen LogP contribution in [0, 0.1) is 0 Å². The van der Waals surface area contributed by atoms with E-state index in [9.17, 15) is 9.59 Å². The van der Waals surface area contributed by atoms with Crippen molar-refractivity contribution in [3.8, 4) is 0 Å². The van der Waals surface area contributed by atoms with Crippen LogP contribution in [0.2, 0.25) is 0 Å². The van der Waals surface area contributed by atoms with Gasteiger partial charge in [0.05, 0.1) is 12.3 Å². The van der Waals surface area contributed by atoms with E-state index in [1.807, 2.05) is 43.5 Å². The minimum atomic E-state index is -0.596. The van der Waals surface area contributed by atoms with E-state index >= 15 is 0 Å². The van der Waals surface area contributed by atoms with Crippen LogP contribution < -0.4 is 10.6 Å². The van der Waals surface area contributed by atoms with Crippen LogP contribution in [0.1, 0.15) is 35.5 Å². The first kappa shape index (κ1) is 18.1. The zero-order valence-electron chi connectivity index (χ0n) is 13.8. The van der Waals surface area contributed by atoms with Gasteiger partial charge in [-0.15, -0.1) is 0 Å². The lowest BCUT2D eigenvalue weighted by atomic mass is 10.1. The van der Waals surface area contributed by atoms with Crippen LogP contribution >= 0.6 is 11.8 Å². The second-order valence-electron chi connectivity index (χ2n) is 5.43. The van der Waals surface area contributed by atoms with Gasteiger partial charge in [0.15, 0.2) is 5.76 Å². The van der Waals surface area contributed by atoms with E-state index < -0.39 is 6.04 Å². The van der Waals surface area contributed by atoms with Gasteiger partial charge in [0, 0.05) is 0 Å². The predicted molar refractivity (Wildman–Crippen MR) is 96.0 cm³/mol. The Bertz CT molecular complexity index is 644. The summed E-state index contributed by atoms with van der Waals surface area (Å²) in [5.74, 6) is 0.401. The Morgan fingerprint density at radius 1 is 1.12 bits per heavy atom. The van der Waals surface area contributed by atoms with E-state index in [1.165, 1.54) is 6.26 Å². The van der Waals surface area contributed by atoms with Gasteiger partial charge in [-0.25, -0.2) is 0 Å². The molecule has 0 unspecified atom stereocenters. The lowest BCUT2D eigenvalue weighted by Crippen LogP contribution is -2.47. The standard InChI is InChI=1S/C18H22N2O3S/c1-13(14-7-4-3-5-8-14)19-17(21)15(10-12-24-2)20-18(22)16-9-6-11-23-16/h3-9,11,13,15H,10,12H2,1-2H3,(H,19,21)(H,20,22)/t13-,15+/m1/s1. The third-order valence-electron chi connectivity index (χ3n) is 3.64. The molecule has 0 saturated carbocycles. The average molecular weight is 346 g/mol. The van der Waals surface area contributed by atoms with Crippen LogP contribution in [0.25, 0.3) is 0 Å². The lowest BCUT2D eigenvalue weighted by molar-refractivity contribution is -0.123. The molecule has 5 nitrogen and oxygen atoms in total. The highest BCUT2D eigenvalue weighted by molar-refractivity contribution is 7.98. The van der Waals surface area contributed by atoms with Crippen molar-refractivity contribution in [3.63, 3.8) is 0 Å². The van der Waals surface area contributed by atoms with Crippen LogP contribution in [0.5, 0.6) is 0 Å². The summed E-state index contributed by atoms with van der Waals surface area (Å²) in [6.45, 7) is 1.92.